The van der Waals surface area contributed by atoms with Gasteiger partial charge in [0.05, 0.1) is 6.61 Å². The van der Waals surface area contributed by atoms with Crippen LogP contribution in [0.15, 0.2) is 29.3 Å². The van der Waals surface area contributed by atoms with Crippen LogP contribution in [0.1, 0.15) is 39.2 Å². The summed E-state index contributed by atoms with van der Waals surface area (Å²) >= 11 is 0. The second-order valence-corrected chi connectivity index (χ2v) is 7.35. The Kier molecular flexibility index (Phi) is 11.9. The molecule has 0 atom stereocenters. The maximum atomic E-state index is 11.6. The summed E-state index contributed by atoms with van der Waals surface area (Å²) in [6.45, 7) is 9.87. The number of hydrogen-bond donors (Lipinski definition) is 3. The number of halogens is 1. The summed E-state index contributed by atoms with van der Waals surface area (Å²) in [6.07, 6.45) is 2.95. The molecule has 158 valence electrons. The van der Waals surface area contributed by atoms with Gasteiger partial charge in [0.15, 0.2) is 5.96 Å². The molecule has 6 nitrogen and oxygen atoms in total. The highest BCUT2D eigenvalue weighted by atomic mass is 127. The van der Waals surface area contributed by atoms with Crippen LogP contribution in [-0.2, 0) is 11.2 Å². The molecule has 1 aromatic carbocycles. The third-order valence-corrected chi connectivity index (χ3v) is 4.19. The molecular weight excluding hydrogens is 467 g/mol. The lowest BCUT2D eigenvalue weighted by molar-refractivity contribution is -0.122. The molecule has 0 radical (unpaired) electrons. The standard InChI is InChI=1S/C21H34N4O2.HI/c1-4-22-21(25-14-13-23-20(26)18-7-8-18)24-12-11-17-5-9-19(10-6-17)27-15-16(2)3;/h5-6,9-10,16,18H,4,7-8,11-15H2,1-3H3,(H,23,26)(H2,22,24,25);1H. The van der Waals surface area contributed by atoms with Crippen molar-refractivity contribution in [2.45, 2.75) is 40.0 Å². The van der Waals surface area contributed by atoms with Crippen LogP contribution in [0.25, 0.3) is 0 Å². The topological polar surface area (TPSA) is 74.8 Å². The van der Waals surface area contributed by atoms with E-state index in [1.807, 2.05) is 19.1 Å². The van der Waals surface area contributed by atoms with Gasteiger partial charge in [-0.25, -0.2) is 0 Å². The Hall–Kier alpha value is -1.51. The molecule has 0 saturated heterocycles. The lowest BCUT2D eigenvalue weighted by Crippen LogP contribution is -2.41. The number of amides is 1. The molecular formula is C21H35IN4O2. The molecule has 1 amide bonds. The van der Waals surface area contributed by atoms with Crippen molar-refractivity contribution in [3.8, 4) is 5.75 Å². The minimum Gasteiger partial charge on any atom is -0.493 e. The van der Waals surface area contributed by atoms with Gasteiger partial charge in [-0.2, -0.15) is 0 Å². The van der Waals surface area contributed by atoms with Crippen LogP contribution in [0.2, 0.25) is 0 Å². The molecule has 0 aliphatic heterocycles. The fourth-order valence-electron chi connectivity index (χ4n) is 2.51. The monoisotopic (exact) mass is 502 g/mol. The van der Waals surface area contributed by atoms with Crippen molar-refractivity contribution in [2.24, 2.45) is 16.8 Å². The quantitative estimate of drug-likeness (QED) is 0.188. The minimum atomic E-state index is 0. The lowest BCUT2D eigenvalue weighted by Gasteiger charge is -2.12. The second-order valence-electron chi connectivity index (χ2n) is 7.35. The molecule has 2 rings (SSSR count). The maximum absolute atomic E-state index is 11.6. The molecule has 1 aliphatic carbocycles. The van der Waals surface area contributed by atoms with E-state index in [1.165, 1.54) is 5.56 Å². The first kappa shape index (κ1) is 24.5. The van der Waals surface area contributed by atoms with Crippen molar-refractivity contribution in [1.29, 1.82) is 0 Å². The van der Waals surface area contributed by atoms with Gasteiger partial charge in [0, 0.05) is 32.1 Å². The summed E-state index contributed by atoms with van der Waals surface area (Å²) in [5, 5.41) is 9.45. The summed E-state index contributed by atoms with van der Waals surface area (Å²) in [7, 11) is 0. The zero-order chi connectivity index (χ0) is 19.5. The molecule has 28 heavy (non-hydrogen) atoms. The highest BCUT2D eigenvalue weighted by Crippen LogP contribution is 2.28. The zero-order valence-corrected chi connectivity index (χ0v) is 19.6. The van der Waals surface area contributed by atoms with Crippen LogP contribution in [0.4, 0.5) is 0 Å². The number of carbonyl (C=O) groups is 1. The Balaban J connectivity index is 0.00000392. The van der Waals surface area contributed by atoms with Crippen LogP contribution in [0.5, 0.6) is 5.75 Å². The third-order valence-electron chi connectivity index (χ3n) is 4.19. The van der Waals surface area contributed by atoms with Gasteiger partial charge in [0.2, 0.25) is 5.91 Å². The number of ether oxygens (including phenoxy) is 1. The first-order valence-electron chi connectivity index (χ1n) is 10.1. The van der Waals surface area contributed by atoms with E-state index in [2.05, 4.69) is 46.9 Å². The Bertz CT molecular complexity index is 601. The van der Waals surface area contributed by atoms with Crippen molar-refractivity contribution < 1.29 is 9.53 Å². The van der Waals surface area contributed by atoms with Gasteiger partial charge in [-0.1, -0.05) is 26.0 Å². The number of nitrogens with one attached hydrogen (secondary N) is 3. The van der Waals surface area contributed by atoms with Crippen LogP contribution in [0.3, 0.4) is 0 Å². The van der Waals surface area contributed by atoms with E-state index in [0.29, 0.717) is 25.6 Å². The number of aliphatic imine (C=N–C) groups is 1. The van der Waals surface area contributed by atoms with Crippen LogP contribution in [-0.4, -0.2) is 44.7 Å². The minimum absolute atomic E-state index is 0. The number of nitrogens with zero attached hydrogens (tertiary/aromatic N) is 1. The molecule has 1 aliphatic rings. The Labute approximate surface area is 186 Å². The van der Waals surface area contributed by atoms with E-state index in [1.54, 1.807) is 0 Å². The van der Waals surface area contributed by atoms with E-state index in [9.17, 15) is 4.79 Å². The third kappa shape index (κ3) is 10.1. The average Bonchev–Trinajstić information content (AvgIpc) is 3.49. The summed E-state index contributed by atoms with van der Waals surface area (Å²) in [6, 6.07) is 8.23. The maximum Gasteiger partial charge on any atom is 0.223 e. The second kappa shape index (κ2) is 13.6. The average molecular weight is 502 g/mol. The molecule has 0 unspecified atom stereocenters. The fraction of sp³-hybridized carbons (Fsp3) is 0.619. The van der Waals surface area contributed by atoms with E-state index < -0.39 is 0 Å². The summed E-state index contributed by atoms with van der Waals surface area (Å²) < 4.78 is 5.71. The summed E-state index contributed by atoms with van der Waals surface area (Å²) in [4.78, 5) is 16.2. The van der Waals surface area contributed by atoms with Gasteiger partial charge in [-0.3, -0.25) is 9.79 Å². The van der Waals surface area contributed by atoms with E-state index >= 15 is 0 Å². The molecule has 0 bridgehead atoms. The number of hydrogen-bond acceptors (Lipinski definition) is 3. The van der Waals surface area contributed by atoms with Gasteiger partial charge in [0.1, 0.15) is 5.75 Å². The highest BCUT2D eigenvalue weighted by Gasteiger charge is 2.28. The number of benzene rings is 1. The van der Waals surface area contributed by atoms with Crippen molar-refractivity contribution in [2.75, 3.05) is 32.8 Å². The van der Waals surface area contributed by atoms with Crippen molar-refractivity contribution >= 4 is 35.8 Å². The molecule has 0 heterocycles. The number of guanidine groups is 1. The number of rotatable bonds is 11. The SMILES string of the molecule is CCNC(=NCCc1ccc(OCC(C)C)cc1)NCCNC(=O)C1CC1.I. The Morgan fingerprint density at radius 2 is 1.82 bits per heavy atom. The van der Waals surface area contributed by atoms with Crippen LogP contribution < -0.4 is 20.7 Å². The van der Waals surface area contributed by atoms with Crippen LogP contribution in [0, 0.1) is 11.8 Å². The largest absolute Gasteiger partial charge is 0.493 e. The van der Waals surface area contributed by atoms with Gasteiger partial charge in [-0.15, -0.1) is 24.0 Å². The number of carbonyl (C=O) groups excluding carboxylic acids is 1. The normalized spacial score (nSPS) is 13.6. The first-order valence-corrected chi connectivity index (χ1v) is 10.1. The predicted octanol–water partition coefficient (Wildman–Crippen LogP) is 2.96. The van der Waals surface area contributed by atoms with Crippen molar-refractivity contribution in [3.63, 3.8) is 0 Å². The van der Waals surface area contributed by atoms with Gasteiger partial charge in [-0.05, 0) is 49.8 Å². The lowest BCUT2D eigenvalue weighted by atomic mass is 10.1. The molecule has 0 aromatic heterocycles. The molecule has 0 spiro atoms. The Morgan fingerprint density at radius 1 is 1.14 bits per heavy atom. The summed E-state index contributed by atoms with van der Waals surface area (Å²) in [5.41, 5.74) is 1.24. The van der Waals surface area contributed by atoms with E-state index in [4.69, 9.17) is 4.74 Å². The fourth-order valence-corrected chi connectivity index (χ4v) is 2.51. The molecule has 1 aromatic rings. The van der Waals surface area contributed by atoms with E-state index in [-0.39, 0.29) is 35.8 Å². The zero-order valence-electron chi connectivity index (χ0n) is 17.3. The Morgan fingerprint density at radius 3 is 2.43 bits per heavy atom. The molecule has 3 N–H and O–H groups in total. The van der Waals surface area contributed by atoms with Gasteiger partial charge in [0.25, 0.3) is 0 Å². The van der Waals surface area contributed by atoms with Crippen LogP contribution >= 0.6 is 24.0 Å². The first-order chi connectivity index (χ1) is 13.1. The molecule has 7 heteroatoms. The summed E-state index contributed by atoms with van der Waals surface area (Å²) in [5.74, 6) is 2.67. The van der Waals surface area contributed by atoms with Gasteiger partial charge >= 0.3 is 0 Å². The molecule has 1 fully saturated rings. The highest BCUT2D eigenvalue weighted by molar-refractivity contribution is 14.0. The van der Waals surface area contributed by atoms with Gasteiger partial charge < -0.3 is 20.7 Å². The smallest absolute Gasteiger partial charge is 0.223 e. The van der Waals surface area contributed by atoms with Crippen molar-refractivity contribution in [3.05, 3.63) is 29.8 Å². The van der Waals surface area contributed by atoms with Crippen molar-refractivity contribution in [1.82, 2.24) is 16.0 Å². The predicted molar refractivity (Wildman–Crippen MR) is 126 cm³/mol. The van der Waals surface area contributed by atoms with E-state index in [0.717, 1.165) is 44.1 Å². The molecule has 1 saturated carbocycles.